The molecule has 2 saturated heterocycles. The number of rotatable bonds is 63. The van der Waals surface area contributed by atoms with E-state index in [1.807, 2.05) is 18.2 Å². The van der Waals surface area contributed by atoms with Gasteiger partial charge >= 0.3 is 11.9 Å². The molecular formula is C100H152N20O25. The Bertz CT molecular complexity index is 4820. The number of aliphatic hydroxyl groups excluding tert-OH is 2. The molecule has 25 N–H and O–H groups in total. The first-order valence-electron chi connectivity index (χ1n) is 50.7. The van der Waals surface area contributed by atoms with E-state index in [1.165, 1.54) is 38.8 Å². The summed E-state index contributed by atoms with van der Waals surface area (Å²) in [6.45, 7) is -0.435. The number of aromatic nitrogens is 1. The Balaban J connectivity index is 1.04. The van der Waals surface area contributed by atoms with Gasteiger partial charge < -0.3 is 126 Å². The van der Waals surface area contributed by atoms with E-state index in [2.05, 4.69) is 79.1 Å². The van der Waals surface area contributed by atoms with Crippen LogP contribution in [0.5, 0.6) is 0 Å². The first-order valence-corrected chi connectivity index (χ1v) is 50.7. The lowest BCUT2D eigenvalue weighted by Gasteiger charge is -2.31. The number of fused-ring (bicyclic) bond motifs is 2. The molecule has 0 bridgehead atoms. The molecule has 0 aliphatic carbocycles. The highest BCUT2D eigenvalue weighted by atomic mass is 16.5. The number of aliphatic hydroxyl groups is 2. The summed E-state index contributed by atoms with van der Waals surface area (Å²) < 4.78 is 10.8. The van der Waals surface area contributed by atoms with Crippen molar-refractivity contribution < 1.29 is 121 Å². The van der Waals surface area contributed by atoms with Crippen molar-refractivity contribution in [2.24, 2.45) is 28.1 Å². The number of guanidine groups is 1. The number of benzene rings is 2. The van der Waals surface area contributed by atoms with Crippen molar-refractivity contribution in [3.8, 4) is 0 Å². The van der Waals surface area contributed by atoms with Gasteiger partial charge in [-0.05, 0) is 88.3 Å². The van der Waals surface area contributed by atoms with Crippen LogP contribution in [0.3, 0.4) is 0 Å². The molecule has 4 heterocycles. The Hall–Kier alpha value is -13.0. The minimum atomic E-state index is -1.79. The second-order valence-corrected chi connectivity index (χ2v) is 37.1. The Morgan fingerprint density at radius 3 is 1.81 bits per heavy atom. The summed E-state index contributed by atoms with van der Waals surface area (Å²) >= 11 is 0. The summed E-state index contributed by atoms with van der Waals surface area (Å²) in [4.78, 5) is 269. The van der Waals surface area contributed by atoms with E-state index in [4.69, 9.17) is 37.2 Å². The van der Waals surface area contributed by atoms with Gasteiger partial charge in [0.25, 0.3) is 0 Å². The maximum atomic E-state index is 15.4. The van der Waals surface area contributed by atoms with Gasteiger partial charge in [0.1, 0.15) is 78.6 Å². The summed E-state index contributed by atoms with van der Waals surface area (Å²) in [5.41, 5.74) is 19.5. The number of nitrogens with zero attached hydrogens (tertiary/aromatic N) is 2. The number of primary amides is 1. The molecule has 2 aromatic carbocycles. The van der Waals surface area contributed by atoms with Crippen LogP contribution in [0.25, 0.3) is 10.9 Å². The predicted molar refractivity (Wildman–Crippen MR) is 534 cm³/mol. The minimum Gasteiger partial charge on any atom is -0.481 e. The summed E-state index contributed by atoms with van der Waals surface area (Å²) in [7, 11) is 0. The van der Waals surface area contributed by atoms with Crippen molar-refractivity contribution in [3.05, 3.63) is 83.7 Å². The number of hydrogen-bond acceptors (Lipinski definition) is 26. The van der Waals surface area contributed by atoms with Crippen LogP contribution in [0.1, 0.15) is 256 Å². The first-order chi connectivity index (χ1) is 69.6. The maximum Gasteiger partial charge on any atom is 0.306 e. The van der Waals surface area contributed by atoms with Gasteiger partial charge in [-0.3, -0.25) is 101 Å². The number of allylic oxidation sites excluding steroid dienone is 1. The molecule has 13 atom stereocenters. The fourth-order valence-corrected chi connectivity index (χ4v) is 17.0. The van der Waals surface area contributed by atoms with Crippen LogP contribution >= 0.6 is 0 Å². The average molecular weight is 2030 g/mol. The number of ether oxygens (including phenoxy) is 2. The zero-order chi connectivity index (χ0) is 106. The number of nitrogens with one attached hydrogen (secondary N) is 15. The highest BCUT2D eigenvalue weighted by Crippen LogP contribution is 2.26. The second kappa shape index (κ2) is 67.6. The van der Waals surface area contributed by atoms with E-state index in [-0.39, 0.29) is 159 Å². The van der Waals surface area contributed by atoms with E-state index in [1.54, 1.807) is 55.6 Å². The monoisotopic (exact) mass is 2030 g/mol. The molecule has 45 nitrogen and oxygen atoms in total. The first kappa shape index (κ1) is 121. The van der Waals surface area contributed by atoms with Crippen LogP contribution in [-0.2, 0) is 113 Å². The number of nitrogens with two attached hydrogens (primary N) is 3. The van der Waals surface area contributed by atoms with Gasteiger partial charge in [0, 0.05) is 132 Å². The maximum absolute atomic E-state index is 15.4. The third-order valence-electron chi connectivity index (χ3n) is 25.2. The van der Waals surface area contributed by atoms with Crippen molar-refractivity contribution in [1.29, 1.82) is 5.41 Å². The number of carboxylic acids is 2. The summed E-state index contributed by atoms with van der Waals surface area (Å²) in [6.07, 6.45) is 17.2. The molecule has 802 valence electrons. The van der Waals surface area contributed by atoms with Gasteiger partial charge in [0.15, 0.2) is 11.7 Å². The summed E-state index contributed by atoms with van der Waals surface area (Å²) in [6, 6.07) is -1.24. The number of carbonyl (C=O) groups excluding carboxylic acids is 17. The minimum absolute atomic E-state index is 0.0239. The Kier molecular flexibility index (Phi) is 56.2. The number of amides is 14. The number of ketones is 3. The number of carboxylic acid groups (broad SMARTS) is 2. The molecule has 0 saturated carbocycles. The Morgan fingerprint density at radius 2 is 1.17 bits per heavy atom. The van der Waals surface area contributed by atoms with Crippen LogP contribution in [0.2, 0.25) is 0 Å². The highest BCUT2D eigenvalue weighted by Gasteiger charge is 2.45. The summed E-state index contributed by atoms with van der Waals surface area (Å²) in [5.74, 6) is -17.2. The van der Waals surface area contributed by atoms with E-state index in [9.17, 15) is 92.0 Å². The molecule has 3 aliphatic rings. The molecule has 3 aliphatic heterocycles. The number of hydrogen-bond donors (Lipinski definition) is 22. The standard InChI is InChI=1S/C100H152N20O25/c1-3-4-35-74(89(132)115-77-42-41-68(123)32-22-18-23-36-72(63(2)122)111-93(136)79(54-66-58-108-73-37-26-25-34-71(66)73)116-90(133)75(38-28-47-107-100(103)104)112-92(135)78(52-64-29-19-17-20-30-64)118-97(140)83-56-70(125)60-120(83)98(77)141)113-95(138)81(57-101)119-94(137)80(55-67-31-27-46-105-67)117-91(134)76(43-44-84(102)126)114-96(139)82(61-121)110-86(128)59-109-87(129)62-145-51-50-144-49-48-106-85(127)45-40-65(99(142)143)53-69(124)33-21-15-13-11-9-7-5-6-8-10-12-14-16-24-39-88(130)131/h17,19-20,25-26,29-31,34,37,46,58,65,70,72,74-83,108,121,125H,3-16,18,21-24,27-28,32-33,35-36,38-45,47-57,59-62,101H2,1-2H3,(H2,102,126)(H,106,127)(H,109,129)(H,110,128)(H,111,136)(H,112,135)(H,113,138)(H,114,139)(H,115,132)(H,116,133)(H,117,134)(H,118,140)(H,119,137)(H,130,131)(H,142,143)(H4,103,104,107)/t65-,70-,72+,74+,75+,76+,77+,78-,79+,80+,81+,82+,83+/m1/s1. The van der Waals surface area contributed by atoms with Gasteiger partial charge in [-0.25, -0.2) is 0 Å². The lowest BCUT2D eigenvalue weighted by molar-refractivity contribution is -0.144. The van der Waals surface area contributed by atoms with Crippen LogP contribution in [0.4, 0.5) is 0 Å². The number of aromatic amines is 1. The van der Waals surface area contributed by atoms with Crippen molar-refractivity contribution in [2.75, 3.05) is 65.8 Å². The molecule has 1 aromatic heterocycles. The topological polar surface area (TPSA) is 713 Å². The molecule has 0 spiro atoms. The molecule has 2 fully saturated rings. The van der Waals surface area contributed by atoms with Crippen molar-refractivity contribution in [3.63, 3.8) is 0 Å². The van der Waals surface area contributed by atoms with Gasteiger partial charge in [-0.2, -0.15) is 0 Å². The average Bonchev–Trinajstić information content (AvgIpc) is 1.58. The fraction of sp³-hybridized carbons (Fsp3) is 0.630. The van der Waals surface area contributed by atoms with Gasteiger partial charge in [-0.15, -0.1) is 0 Å². The van der Waals surface area contributed by atoms with Gasteiger partial charge in [0.05, 0.1) is 51.0 Å². The number of aliphatic imine (C=N–C) groups is 1. The molecule has 0 unspecified atom stereocenters. The SMILES string of the molecule is CCCC[C@H](NC(=O)[C@H](CN)NC(=O)[C@H](CC1=CCC=N1)NC(=O)[C@H](CCC(N)=O)NC(=O)[C@H](CO)NC(=O)CNC(=O)COCCOCCNC(=O)CC[C@H](CC(=O)CCCCCCCCCCCCCCCCC(=O)O)C(=O)O)C(=O)N[C@H]1CCC(=O)CCCCC[C@@H](C(C)=O)NC(=O)[C@H](Cc2c[nH]c3ccccc23)NC(=O)[C@H](CCCNC(=N)N)NC(=O)[C@@H](Cc2ccccc2)NC(=O)[C@@H]2C[C@@H](O)CN2C1=O. The molecule has 6 rings (SSSR count). The molecule has 0 radical (unpaired) electrons. The van der Waals surface area contributed by atoms with Gasteiger partial charge in [0.2, 0.25) is 82.7 Å². The van der Waals surface area contributed by atoms with E-state index < -0.39 is 237 Å². The van der Waals surface area contributed by atoms with Crippen molar-refractivity contribution >= 4 is 135 Å². The Morgan fingerprint density at radius 1 is 0.572 bits per heavy atom. The fourth-order valence-electron chi connectivity index (χ4n) is 17.0. The Labute approximate surface area is 844 Å². The zero-order valence-corrected chi connectivity index (χ0v) is 83.4. The molecular weight excluding hydrogens is 1880 g/mol. The van der Waals surface area contributed by atoms with E-state index in [0.717, 1.165) is 73.6 Å². The third-order valence-corrected chi connectivity index (χ3v) is 25.2. The normalized spacial score (nSPS) is 18.9. The number of para-hydroxylation sites is 1. The van der Waals surface area contributed by atoms with Crippen LogP contribution < -0.4 is 86.3 Å². The van der Waals surface area contributed by atoms with Crippen LogP contribution in [0.15, 0.2) is 77.6 Å². The lowest BCUT2D eigenvalue weighted by Crippen LogP contribution is -2.61. The third kappa shape index (κ3) is 47.2. The van der Waals surface area contributed by atoms with Crippen molar-refractivity contribution in [2.45, 2.75) is 330 Å². The summed E-state index contributed by atoms with van der Waals surface area (Å²) in [5, 5.41) is 82.3. The number of Topliss-reactive ketones (excluding diaryl/α,β-unsaturated/α-hetero) is 3. The van der Waals surface area contributed by atoms with Crippen LogP contribution in [-0.4, -0.2) is 293 Å². The quantitative estimate of drug-likeness (QED) is 0.0214. The van der Waals surface area contributed by atoms with E-state index >= 15 is 14.4 Å². The van der Waals surface area contributed by atoms with E-state index in [0.29, 0.717) is 43.2 Å². The highest BCUT2D eigenvalue weighted by molar-refractivity contribution is 6.01. The molecule has 3 aromatic rings. The van der Waals surface area contributed by atoms with Gasteiger partial charge in [-0.1, -0.05) is 164 Å². The lowest BCUT2D eigenvalue weighted by atomic mass is 9.94. The number of carbonyl (C=O) groups is 19. The number of aliphatic carboxylic acids is 2. The predicted octanol–water partition coefficient (Wildman–Crippen LogP) is 1.12. The largest absolute Gasteiger partial charge is 0.481 e. The molecule has 145 heavy (non-hydrogen) atoms. The van der Waals surface area contributed by atoms with Crippen molar-refractivity contribution in [1.82, 2.24) is 79.0 Å². The second-order valence-electron chi connectivity index (χ2n) is 37.1. The zero-order valence-electron chi connectivity index (χ0n) is 83.4. The van der Waals surface area contributed by atoms with Crippen LogP contribution in [0, 0.1) is 11.3 Å². The smallest absolute Gasteiger partial charge is 0.306 e. The number of H-pyrrole nitrogens is 1. The molecule has 45 heteroatoms. The molecule has 14 amide bonds. The number of unbranched alkanes of at least 4 members (excludes halogenated alkanes) is 14.